The van der Waals surface area contributed by atoms with Gasteiger partial charge in [-0.15, -0.1) is 0 Å². The van der Waals surface area contributed by atoms with Crippen molar-refractivity contribution in [2.75, 3.05) is 13.7 Å². The van der Waals surface area contributed by atoms with Crippen molar-refractivity contribution >= 4 is 10.8 Å². The molecule has 170 valence electrons. The molecule has 0 saturated carbocycles. The van der Waals surface area contributed by atoms with Crippen LogP contribution in [0.15, 0.2) is 76.0 Å². The summed E-state index contributed by atoms with van der Waals surface area (Å²) in [5.74, 6) is 1.19. The molecule has 0 aliphatic carbocycles. The smallest absolute Gasteiger partial charge is 0.279 e. The van der Waals surface area contributed by atoms with E-state index in [0.717, 1.165) is 0 Å². The number of halogens is 1. The third-order valence-corrected chi connectivity index (χ3v) is 5.23. The van der Waals surface area contributed by atoms with Crippen LogP contribution in [0.5, 0.6) is 11.5 Å². The molecule has 0 fully saturated rings. The van der Waals surface area contributed by atoms with E-state index in [0.29, 0.717) is 51.6 Å². The van der Waals surface area contributed by atoms with Gasteiger partial charge in [0.2, 0.25) is 5.82 Å². The molecule has 0 saturated heterocycles. The van der Waals surface area contributed by atoms with Crippen LogP contribution < -0.4 is 15.0 Å². The molecule has 2 heterocycles. The van der Waals surface area contributed by atoms with Gasteiger partial charge in [0.05, 0.1) is 24.8 Å². The van der Waals surface area contributed by atoms with Gasteiger partial charge in [0.25, 0.3) is 11.4 Å². The zero-order valence-electron chi connectivity index (χ0n) is 18.4. The Morgan fingerprint density at radius 3 is 2.50 bits per heavy atom. The van der Waals surface area contributed by atoms with Gasteiger partial charge in [-0.25, -0.2) is 4.39 Å². The summed E-state index contributed by atoms with van der Waals surface area (Å²) in [5.41, 5.74) is 1.05. The van der Waals surface area contributed by atoms with Crippen molar-refractivity contribution in [1.29, 1.82) is 0 Å². The first-order chi connectivity index (χ1) is 16.6. The van der Waals surface area contributed by atoms with Crippen LogP contribution in [-0.2, 0) is 0 Å². The van der Waals surface area contributed by atoms with Gasteiger partial charge >= 0.3 is 0 Å². The van der Waals surface area contributed by atoms with Gasteiger partial charge in [0.1, 0.15) is 5.82 Å². The van der Waals surface area contributed by atoms with E-state index in [-0.39, 0.29) is 11.4 Å². The minimum Gasteiger partial charge on any atom is -0.493 e. The highest BCUT2D eigenvalue weighted by molar-refractivity contribution is 5.92. The summed E-state index contributed by atoms with van der Waals surface area (Å²) in [5, 5.41) is 9.56. The Balaban J connectivity index is 1.64. The lowest BCUT2D eigenvalue weighted by molar-refractivity contribution is 0.311. The molecule has 2 aromatic heterocycles. The van der Waals surface area contributed by atoms with Crippen LogP contribution in [0.4, 0.5) is 4.39 Å². The van der Waals surface area contributed by atoms with E-state index in [1.165, 1.54) is 28.9 Å². The van der Waals surface area contributed by atoms with Gasteiger partial charge in [0.15, 0.2) is 17.2 Å². The molecule has 0 aliphatic heterocycles. The number of hydrogen-bond acceptors (Lipinski definition) is 7. The molecular weight excluding hydrogens is 439 g/mol. The number of benzene rings is 3. The van der Waals surface area contributed by atoms with E-state index in [2.05, 4.69) is 15.2 Å². The number of ether oxygens (including phenoxy) is 2. The highest BCUT2D eigenvalue weighted by Gasteiger charge is 2.19. The average molecular weight is 458 g/mol. The van der Waals surface area contributed by atoms with Gasteiger partial charge in [-0.1, -0.05) is 23.4 Å². The largest absolute Gasteiger partial charge is 0.493 e. The van der Waals surface area contributed by atoms with Crippen molar-refractivity contribution in [2.45, 2.75) is 6.92 Å². The van der Waals surface area contributed by atoms with Crippen LogP contribution in [0, 0.1) is 5.82 Å². The predicted octanol–water partition coefficient (Wildman–Crippen LogP) is 4.65. The van der Waals surface area contributed by atoms with Crippen LogP contribution in [0.25, 0.3) is 39.4 Å². The summed E-state index contributed by atoms with van der Waals surface area (Å²) in [4.78, 5) is 17.6. The molecular formula is C25H19FN4O4. The molecule has 0 aliphatic rings. The quantitative estimate of drug-likeness (QED) is 0.366. The van der Waals surface area contributed by atoms with Crippen molar-refractivity contribution in [3.63, 3.8) is 0 Å². The Bertz CT molecular complexity index is 1540. The minimum absolute atomic E-state index is 0.134. The van der Waals surface area contributed by atoms with Gasteiger partial charge in [-0.05, 0) is 55.5 Å². The summed E-state index contributed by atoms with van der Waals surface area (Å²) in [6, 6.07) is 17.8. The SMILES string of the molecule is CCOc1ccc(-c2noc(-c3nn(-c4ccc(F)cc4)c(=O)c4ccccc34)n2)cc1OC. The molecule has 0 bridgehead atoms. The van der Waals surface area contributed by atoms with Crippen molar-refractivity contribution < 1.29 is 18.4 Å². The van der Waals surface area contributed by atoms with Gasteiger partial charge in [-0.3, -0.25) is 4.79 Å². The molecule has 0 spiro atoms. The Hall–Kier alpha value is -4.53. The van der Waals surface area contributed by atoms with Gasteiger partial charge < -0.3 is 14.0 Å². The molecule has 5 aromatic rings. The minimum atomic E-state index is -0.412. The van der Waals surface area contributed by atoms with Crippen LogP contribution in [0.2, 0.25) is 0 Å². The normalized spacial score (nSPS) is 11.0. The zero-order chi connectivity index (χ0) is 23.7. The highest BCUT2D eigenvalue weighted by Crippen LogP contribution is 2.33. The van der Waals surface area contributed by atoms with Crippen LogP contribution >= 0.6 is 0 Å². The zero-order valence-corrected chi connectivity index (χ0v) is 18.4. The molecule has 9 heteroatoms. The second kappa shape index (κ2) is 8.78. The van der Waals surface area contributed by atoms with Crippen LogP contribution in [0.1, 0.15) is 6.92 Å². The van der Waals surface area contributed by atoms with Crippen molar-refractivity contribution in [2.24, 2.45) is 0 Å². The van der Waals surface area contributed by atoms with Crippen molar-refractivity contribution in [1.82, 2.24) is 19.9 Å². The highest BCUT2D eigenvalue weighted by atomic mass is 19.1. The summed E-state index contributed by atoms with van der Waals surface area (Å²) in [6.07, 6.45) is 0. The average Bonchev–Trinajstić information content (AvgIpc) is 3.36. The molecule has 0 N–H and O–H groups in total. The number of methoxy groups -OCH3 is 1. The van der Waals surface area contributed by atoms with Crippen molar-refractivity contribution in [3.05, 3.63) is 82.9 Å². The number of nitrogens with zero attached hydrogens (tertiary/aromatic N) is 4. The van der Waals surface area contributed by atoms with E-state index in [4.69, 9.17) is 14.0 Å². The summed E-state index contributed by atoms with van der Waals surface area (Å²) < 4.78 is 31.1. The van der Waals surface area contributed by atoms with Crippen LogP contribution in [0.3, 0.4) is 0 Å². The Morgan fingerprint density at radius 2 is 1.76 bits per heavy atom. The summed E-state index contributed by atoms with van der Waals surface area (Å²) in [6.45, 7) is 2.39. The number of aromatic nitrogens is 4. The molecule has 0 radical (unpaired) electrons. The molecule has 0 unspecified atom stereocenters. The Kier molecular flexibility index (Phi) is 5.51. The predicted molar refractivity (Wildman–Crippen MR) is 124 cm³/mol. The number of fused-ring (bicyclic) bond motifs is 1. The number of rotatable bonds is 6. The van der Waals surface area contributed by atoms with Gasteiger partial charge in [0, 0.05) is 10.9 Å². The standard InChI is InChI=1S/C25H19FN4O4/c1-3-33-20-13-8-15(14-21(20)32-2)23-27-24(34-29-23)22-18-6-4-5-7-19(18)25(31)30(28-22)17-11-9-16(26)10-12-17/h4-14H,3H2,1-2H3. The third kappa shape index (κ3) is 3.77. The first kappa shape index (κ1) is 21.3. The maximum atomic E-state index is 13.4. The molecule has 34 heavy (non-hydrogen) atoms. The molecule has 8 nitrogen and oxygen atoms in total. The first-order valence-corrected chi connectivity index (χ1v) is 10.5. The van der Waals surface area contributed by atoms with E-state index in [1.807, 2.05) is 6.92 Å². The fourth-order valence-electron chi connectivity index (χ4n) is 3.62. The molecule has 0 amide bonds. The fraction of sp³-hybridized carbons (Fsp3) is 0.120. The topological polar surface area (TPSA) is 92.3 Å². The Labute approximate surface area is 193 Å². The lowest BCUT2D eigenvalue weighted by Crippen LogP contribution is -2.22. The molecule has 3 aromatic carbocycles. The van der Waals surface area contributed by atoms with Crippen molar-refractivity contribution in [3.8, 4) is 40.2 Å². The summed E-state index contributed by atoms with van der Waals surface area (Å²) >= 11 is 0. The van der Waals surface area contributed by atoms with E-state index >= 15 is 0 Å². The molecule has 0 atom stereocenters. The number of hydrogen-bond donors (Lipinski definition) is 0. The van der Waals surface area contributed by atoms with E-state index < -0.39 is 5.82 Å². The second-order valence-electron chi connectivity index (χ2n) is 7.31. The third-order valence-electron chi connectivity index (χ3n) is 5.23. The van der Waals surface area contributed by atoms with E-state index in [9.17, 15) is 9.18 Å². The Morgan fingerprint density at radius 1 is 1.00 bits per heavy atom. The maximum Gasteiger partial charge on any atom is 0.279 e. The fourth-order valence-corrected chi connectivity index (χ4v) is 3.62. The first-order valence-electron chi connectivity index (χ1n) is 10.5. The summed E-state index contributed by atoms with van der Waals surface area (Å²) in [7, 11) is 1.55. The lowest BCUT2D eigenvalue weighted by Gasteiger charge is -2.09. The van der Waals surface area contributed by atoms with Gasteiger partial charge in [-0.2, -0.15) is 14.8 Å². The lowest BCUT2D eigenvalue weighted by atomic mass is 10.1. The van der Waals surface area contributed by atoms with E-state index in [1.54, 1.807) is 49.6 Å². The van der Waals surface area contributed by atoms with Crippen LogP contribution in [-0.4, -0.2) is 33.6 Å². The maximum absolute atomic E-state index is 13.4. The monoisotopic (exact) mass is 458 g/mol. The second-order valence-corrected chi connectivity index (χ2v) is 7.31. The molecule has 5 rings (SSSR count).